The molecule has 0 atom stereocenters. The lowest BCUT2D eigenvalue weighted by molar-refractivity contribution is 0.206. The van der Waals surface area contributed by atoms with Crippen LogP contribution in [0, 0.1) is 0 Å². The Kier molecular flexibility index (Phi) is 10.1. The summed E-state index contributed by atoms with van der Waals surface area (Å²) in [5, 5.41) is 7.97. The van der Waals surface area contributed by atoms with Gasteiger partial charge in [0.25, 0.3) is 0 Å². The molecule has 2 heterocycles. The van der Waals surface area contributed by atoms with Gasteiger partial charge in [-0.1, -0.05) is 46.5 Å². The standard InChI is InChI=1S/C19H30FN3S.C2H6/c1-5-6-7-8-9-12-21-14-15-10-11-17(24-15)16-13-18(19(2,3)20)23(4)22-16;1-2/h10-11,13,21H,5-9,12,14H2,1-4H3;1-2H3. The number of halogens is 1. The first-order valence-corrected chi connectivity index (χ1v) is 10.8. The first-order chi connectivity index (χ1) is 12.4. The van der Waals surface area contributed by atoms with Crippen LogP contribution in [0.2, 0.25) is 0 Å². The topological polar surface area (TPSA) is 29.9 Å². The van der Waals surface area contributed by atoms with Gasteiger partial charge < -0.3 is 5.32 Å². The number of thiophene rings is 1. The van der Waals surface area contributed by atoms with Crippen LogP contribution in [0.15, 0.2) is 18.2 Å². The molecule has 5 heteroatoms. The minimum Gasteiger partial charge on any atom is -0.312 e. The molecule has 0 saturated carbocycles. The van der Waals surface area contributed by atoms with Crippen molar-refractivity contribution in [2.75, 3.05) is 6.54 Å². The van der Waals surface area contributed by atoms with Gasteiger partial charge in [-0.15, -0.1) is 11.3 Å². The summed E-state index contributed by atoms with van der Waals surface area (Å²) in [7, 11) is 1.80. The number of nitrogens with one attached hydrogen (secondary N) is 1. The third-order valence-electron chi connectivity index (χ3n) is 4.16. The average molecular weight is 382 g/mol. The number of hydrogen-bond donors (Lipinski definition) is 1. The van der Waals surface area contributed by atoms with Crippen LogP contribution in [-0.4, -0.2) is 16.3 Å². The smallest absolute Gasteiger partial charge is 0.146 e. The molecule has 0 unspecified atom stereocenters. The van der Waals surface area contributed by atoms with Gasteiger partial charge in [-0.05, 0) is 45.0 Å². The van der Waals surface area contributed by atoms with Crippen molar-refractivity contribution in [2.24, 2.45) is 7.05 Å². The number of nitrogens with zero attached hydrogens (tertiary/aromatic N) is 2. The Labute approximate surface area is 163 Å². The molecule has 0 aliphatic carbocycles. The van der Waals surface area contributed by atoms with E-state index in [0.717, 1.165) is 23.7 Å². The molecular formula is C21H36FN3S. The van der Waals surface area contributed by atoms with Gasteiger partial charge in [-0.25, -0.2) is 4.39 Å². The van der Waals surface area contributed by atoms with Crippen LogP contribution in [0.5, 0.6) is 0 Å². The molecule has 0 spiro atoms. The number of rotatable bonds is 10. The van der Waals surface area contributed by atoms with Crippen LogP contribution >= 0.6 is 11.3 Å². The Morgan fingerprint density at radius 1 is 1.15 bits per heavy atom. The van der Waals surface area contributed by atoms with Crippen LogP contribution in [0.25, 0.3) is 10.6 Å². The third kappa shape index (κ3) is 7.20. The van der Waals surface area contributed by atoms with Crippen molar-refractivity contribution >= 4 is 11.3 Å². The molecule has 26 heavy (non-hydrogen) atoms. The number of hydrogen-bond acceptors (Lipinski definition) is 3. The molecule has 0 radical (unpaired) electrons. The van der Waals surface area contributed by atoms with Gasteiger partial charge in [0.1, 0.15) is 11.4 Å². The van der Waals surface area contributed by atoms with Gasteiger partial charge in [-0.3, -0.25) is 4.68 Å². The second-order valence-electron chi connectivity index (χ2n) is 6.87. The molecule has 0 bridgehead atoms. The van der Waals surface area contributed by atoms with Crippen molar-refractivity contribution in [3.05, 3.63) is 28.8 Å². The predicted molar refractivity (Wildman–Crippen MR) is 112 cm³/mol. The highest BCUT2D eigenvalue weighted by Crippen LogP contribution is 2.31. The highest BCUT2D eigenvalue weighted by molar-refractivity contribution is 7.15. The van der Waals surface area contributed by atoms with Gasteiger partial charge in [-0.2, -0.15) is 5.10 Å². The van der Waals surface area contributed by atoms with Crippen molar-refractivity contribution in [3.63, 3.8) is 0 Å². The van der Waals surface area contributed by atoms with Gasteiger partial charge in [0.15, 0.2) is 0 Å². The molecule has 0 amide bonds. The normalized spacial score (nSPS) is 11.3. The Bertz CT molecular complexity index is 625. The summed E-state index contributed by atoms with van der Waals surface area (Å²) in [6.45, 7) is 11.3. The predicted octanol–water partition coefficient (Wildman–Crippen LogP) is 6.44. The van der Waals surface area contributed by atoms with Crippen LogP contribution in [0.3, 0.4) is 0 Å². The molecule has 0 aliphatic rings. The van der Waals surface area contributed by atoms with E-state index in [1.54, 1.807) is 36.9 Å². The minimum absolute atomic E-state index is 0.609. The Morgan fingerprint density at radius 2 is 1.85 bits per heavy atom. The summed E-state index contributed by atoms with van der Waals surface area (Å²) in [6.07, 6.45) is 6.53. The highest BCUT2D eigenvalue weighted by Gasteiger charge is 2.24. The van der Waals surface area contributed by atoms with Crippen LogP contribution < -0.4 is 5.32 Å². The van der Waals surface area contributed by atoms with Crippen molar-refractivity contribution in [3.8, 4) is 10.6 Å². The number of aromatic nitrogens is 2. The van der Waals surface area contributed by atoms with Crippen LogP contribution in [0.4, 0.5) is 4.39 Å². The Morgan fingerprint density at radius 3 is 2.46 bits per heavy atom. The zero-order chi connectivity index (χ0) is 19.6. The van der Waals surface area contributed by atoms with Crippen molar-refractivity contribution in [2.45, 2.75) is 78.9 Å². The quantitative estimate of drug-likeness (QED) is 0.480. The molecule has 0 aromatic carbocycles. The van der Waals surface area contributed by atoms with E-state index in [9.17, 15) is 4.39 Å². The first kappa shape index (κ1) is 22.8. The summed E-state index contributed by atoms with van der Waals surface area (Å²) < 4.78 is 15.8. The summed E-state index contributed by atoms with van der Waals surface area (Å²) in [5.41, 5.74) is 0.0890. The minimum atomic E-state index is -1.38. The van der Waals surface area contributed by atoms with Gasteiger partial charge >= 0.3 is 0 Å². The summed E-state index contributed by atoms with van der Waals surface area (Å²) in [5.74, 6) is 0. The van der Waals surface area contributed by atoms with Crippen LogP contribution in [-0.2, 0) is 19.3 Å². The maximum Gasteiger partial charge on any atom is 0.146 e. The SMILES string of the molecule is CC.CCCCCCCNCc1ccc(-c2cc(C(C)(C)F)n(C)n2)s1. The summed E-state index contributed by atoms with van der Waals surface area (Å²) in [6, 6.07) is 6.08. The third-order valence-corrected chi connectivity index (χ3v) is 5.27. The second-order valence-corrected chi connectivity index (χ2v) is 8.04. The zero-order valence-electron chi connectivity index (χ0n) is 17.4. The lowest BCUT2D eigenvalue weighted by Crippen LogP contribution is -2.14. The zero-order valence-corrected chi connectivity index (χ0v) is 18.2. The van der Waals surface area contributed by atoms with E-state index in [1.807, 2.05) is 19.9 Å². The molecule has 0 saturated heterocycles. The second kappa shape index (κ2) is 11.5. The molecule has 2 aromatic rings. The van der Waals surface area contributed by atoms with Crippen LogP contribution in [0.1, 0.15) is 77.3 Å². The number of alkyl halides is 1. The van der Waals surface area contributed by atoms with E-state index >= 15 is 0 Å². The molecule has 0 fully saturated rings. The molecule has 0 aliphatic heterocycles. The summed E-state index contributed by atoms with van der Waals surface area (Å²) >= 11 is 1.73. The fraction of sp³-hybridized carbons (Fsp3) is 0.667. The molecule has 148 valence electrons. The van der Waals surface area contributed by atoms with E-state index in [0.29, 0.717) is 5.69 Å². The average Bonchev–Trinajstić information content (AvgIpc) is 3.22. The monoisotopic (exact) mass is 381 g/mol. The lowest BCUT2D eigenvalue weighted by atomic mass is 10.1. The first-order valence-electron chi connectivity index (χ1n) is 9.95. The van der Waals surface area contributed by atoms with Gasteiger partial charge in [0.2, 0.25) is 0 Å². The maximum atomic E-state index is 14.2. The molecule has 1 N–H and O–H groups in total. The fourth-order valence-electron chi connectivity index (χ4n) is 2.82. The Hall–Kier alpha value is -1.20. The van der Waals surface area contributed by atoms with Crippen molar-refractivity contribution in [1.29, 1.82) is 0 Å². The fourth-order valence-corrected chi connectivity index (χ4v) is 3.75. The lowest BCUT2D eigenvalue weighted by Gasteiger charge is -2.13. The molecule has 2 aromatic heterocycles. The number of unbranched alkanes of at least 4 members (excludes halogenated alkanes) is 4. The van der Waals surface area contributed by atoms with E-state index in [4.69, 9.17) is 0 Å². The van der Waals surface area contributed by atoms with E-state index in [1.165, 1.54) is 37.0 Å². The van der Waals surface area contributed by atoms with Gasteiger partial charge in [0.05, 0.1) is 10.6 Å². The van der Waals surface area contributed by atoms with E-state index < -0.39 is 5.67 Å². The van der Waals surface area contributed by atoms with E-state index in [-0.39, 0.29) is 0 Å². The highest BCUT2D eigenvalue weighted by atomic mass is 32.1. The van der Waals surface area contributed by atoms with Crippen molar-refractivity contribution < 1.29 is 4.39 Å². The van der Waals surface area contributed by atoms with Crippen molar-refractivity contribution in [1.82, 2.24) is 15.1 Å². The molecular weight excluding hydrogens is 345 g/mol. The summed E-state index contributed by atoms with van der Waals surface area (Å²) in [4.78, 5) is 2.39. The molecule has 3 nitrogen and oxygen atoms in total. The largest absolute Gasteiger partial charge is 0.312 e. The van der Waals surface area contributed by atoms with Gasteiger partial charge in [0, 0.05) is 18.5 Å². The van der Waals surface area contributed by atoms with E-state index in [2.05, 4.69) is 29.5 Å². The number of aryl methyl sites for hydroxylation is 1. The molecule has 2 rings (SSSR count). The maximum absolute atomic E-state index is 14.2. The Balaban J connectivity index is 0.00000163.